The lowest BCUT2D eigenvalue weighted by Gasteiger charge is -2.20. The van der Waals surface area contributed by atoms with Crippen LogP contribution in [0.15, 0.2) is 9.41 Å². The molecule has 0 saturated heterocycles. The van der Waals surface area contributed by atoms with Gasteiger partial charge < -0.3 is 20.0 Å². The van der Waals surface area contributed by atoms with Gasteiger partial charge in [0.15, 0.2) is 5.96 Å². The molecule has 0 aromatic carbocycles. The van der Waals surface area contributed by atoms with Crippen LogP contribution in [0.4, 0.5) is 0 Å². The third-order valence-corrected chi connectivity index (χ3v) is 3.90. The summed E-state index contributed by atoms with van der Waals surface area (Å²) in [5, 5.41) is 6.62. The molecular weight excluding hydrogens is 290 g/mol. The van der Waals surface area contributed by atoms with E-state index < -0.39 is 0 Å². The number of unbranched alkanes of at least 4 members (excludes halogenated alkanes) is 1. The number of nitrogens with one attached hydrogen (secondary N) is 2. The Morgan fingerprint density at radius 2 is 2.00 bits per heavy atom. The van der Waals surface area contributed by atoms with Crippen molar-refractivity contribution in [3.05, 3.63) is 17.3 Å². The summed E-state index contributed by atoms with van der Waals surface area (Å²) in [5.41, 5.74) is 0.933. The SMILES string of the molecule is CCNC(=NCc1nc(C)c(C)o1)NCCCCN(C)C(C)C. The van der Waals surface area contributed by atoms with Crippen LogP contribution in [0.1, 0.15) is 51.0 Å². The van der Waals surface area contributed by atoms with Gasteiger partial charge >= 0.3 is 0 Å². The van der Waals surface area contributed by atoms with Gasteiger partial charge in [0.1, 0.15) is 12.3 Å². The maximum absolute atomic E-state index is 5.56. The van der Waals surface area contributed by atoms with Gasteiger partial charge in [-0.15, -0.1) is 0 Å². The maximum Gasteiger partial charge on any atom is 0.216 e. The highest BCUT2D eigenvalue weighted by Crippen LogP contribution is 2.08. The number of aromatic nitrogens is 1. The summed E-state index contributed by atoms with van der Waals surface area (Å²) < 4.78 is 5.56. The molecule has 0 aliphatic rings. The summed E-state index contributed by atoms with van der Waals surface area (Å²) in [6.45, 7) is 13.7. The Hall–Kier alpha value is -1.56. The summed E-state index contributed by atoms with van der Waals surface area (Å²) >= 11 is 0. The van der Waals surface area contributed by atoms with E-state index in [-0.39, 0.29) is 0 Å². The summed E-state index contributed by atoms with van der Waals surface area (Å²) in [4.78, 5) is 11.2. The predicted molar refractivity (Wildman–Crippen MR) is 95.8 cm³/mol. The first-order chi connectivity index (χ1) is 10.9. The molecule has 0 atom stereocenters. The van der Waals surface area contributed by atoms with Gasteiger partial charge in [-0.3, -0.25) is 0 Å². The standard InChI is InChI=1S/C17H33N5O/c1-7-18-17(19-10-8-9-11-22(6)13(2)3)20-12-16-21-14(4)15(5)23-16/h13H,7-12H2,1-6H3,(H2,18,19,20). The second-order valence-corrected chi connectivity index (χ2v) is 6.15. The lowest BCUT2D eigenvalue weighted by atomic mass is 10.2. The fraction of sp³-hybridized carbons (Fsp3) is 0.765. The Morgan fingerprint density at radius 1 is 1.26 bits per heavy atom. The summed E-state index contributed by atoms with van der Waals surface area (Å²) in [7, 11) is 2.17. The van der Waals surface area contributed by atoms with E-state index >= 15 is 0 Å². The lowest BCUT2D eigenvalue weighted by molar-refractivity contribution is 0.268. The molecule has 0 spiro atoms. The average molecular weight is 323 g/mol. The van der Waals surface area contributed by atoms with Crippen LogP contribution in [0.5, 0.6) is 0 Å². The monoisotopic (exact) mass is 323 g/mol. The Bertz CT molecular complexity index is 462. The number of aryl methyl sites for hydroxylation is 2. The molecular formula is C17H33N5O. The number of rotatable bonds is 9. The molecule has 1 heterocycles. The van der Waals surface area contributed by atoms with E-state index in [4.69, 9.17) is 4.42 Å². The molecule has 0 saturated carbocycles. The Balaban J connectivity index is 2.35. The van der Waals surface area contributed by atoms with E-state index in [1.807, 2.05) is 13.8 Å². The van der Waals surface area contributed by atoms with Gasteiger partial charge in [0.25, 0.3) is 0 Å². The normalized spacial score (nSPS) is 12.3. The highest BCUT2D eigenvalue weighted by molar-refractivity contribution is 5.79. The molecule has 0 aliphatic carbocycles. The second-order valence-electron chi connectivity index (χ2n) is 6.15. The zero-order chi connectivity index (χ0) is 17.2. The number of guanidine groups is 1. The van der Waals surface area contributed by atoms with Crippen molar-refractivity contribution in [2.24, 2.45) is 4.99 Å². The van der Waals surface area contributed by atoms with Crippen LogP contribution in [0, 0.1) is 13.8 Å². The zero-order valence-corrected chi connectivity index (χ0v) is 15.6. The van der Waals surface area contributed by atoms with Crippen molar-refractivity contribution in [3.8, 4) is 0 Å². The average Bonchev–Trinajstić information content (AvgIpc) is 2.82. The first kappa shape index (κ1) is 19.5. The van der Waals surface area contributed by atoms with Crippen molar-refractivity contribution >= 4 is 5.96 Å². The smallest absolute Gasteiger partial charge is 0.216 e. The van der Waals surface area contributed by atoms with E-state index in [0.717, 1.165) is 43.5 Å². The molecule has 0 unspecified atom stereocenters. The Labute approximate surface area is 140 Å². The molecule has 0 amide bonds. The quantitative estimate of drug-likeness (QED) is 0.415. The molecule has 2 N–H and O–H groups in total. The molecule has 0 bridgehead atoms. The zero-order valence-electron chi connectivity index (χ0n) is 15.6. The van der Waals surface area contributed by atoms with Crippen LogP contribution in [0.3, 0.4) is 0 Å². The van der Waals surface area contributed by atoms with E-state index in [2.05, 4.69) is 53.3 Å². The fourth-order valence-corrected chi connectivity index (χ4v) is 2.05. The fourth-order valence-electron chi connectivity index (χ4n) is 2.05. The highest BCUT2D eigenvalue weighted by atomic mass is 16.4. The van der Waals surface area contributed by atoms with Crippen LogP contribution in [-0.2, 0) is 6.54 Å². The molecule has 132 valence electrons. The minimum absolute atomic E-state index is 0.458. The van der Waals surface area contributed by atoms with Crippen molar-refractivity contribution in [3.63, 3.8) is 0 Å². The van der Waals surface area contributed by atoms with Crippen molar-refractivity contribution in [2.75, 3.05) is 26.7 Å². The first-order valence-corrected chi connectivity index (χ1v) is 8.59. The van der Waals surface area contributed by atoms with Gasteiger partial charge in [-0.05, 0) is 61.1 Å². The molecule has 0 fully saturated rings. The van der Waals surface area contributed by atoms with Crippen molar-refractivity contribution in [2.45, 2.75) is 60.0 Å². The highest BCUT2D eigenvalue weighted by Gasteiger charge is 2.06. The predicted octanol–water partition coefficient (Wildman–Crippen LogP) is 2.47. The first-order valence-electron chi connectivity index (χ1n) is 8.59. The third kappa shape index (κ3) is 7.50. The Kier molecular flexibility index (Phi) is 8.69. The van der Waals surface area contributed by atoms with E-state index in [1.54, 1.807) is 0 Å². The van der Waals surface area contributed by atoms with Crippen LogP contribution in [0.25, 0.3) is 0 Å². The van der Waals surface area contributed by atoms with E-state index in [1.165, 1.54) is 6.42 Å². The number of oxazole rings is 1. The van der Waals surface area contributed by atoms with Crippen LogP contribution >= 0.6 is 0 Å². The van der Waals surface area contributed by atoms with Gasteiger partial charge in [-0.2, -0.15) is 0 Å². The van der Waals surface area contributed by atoms with Gasteiger partial charge in [0.2, 0.25) is 5.89 Å². The Morgan fingerprint density at radius 3 is 2.57 bits per heavy atom. The van der Waals surface area contributed by atoms with Crippen molar-refractivity contribution in [1.82, 2.24) is 20.5 Å². The van der Waals surface area contributed by atoms with Crippen molar-refractivity contribution in [1.29, 1.82) is 0 Å². The second kappa shape index (κ2) is 10.3. The minimum Gasteiger partial charge on any atom is -0.444 e. The molecule has 0 radical (unpaired) electrons. The van der Waals surface area contributed by atoms with Crippen LogP contribution < -0.4 is 10.6 Å². The largest absolute Gasteiger partial charge is 0.444 e. The molecule has 1 rings (SSSR count). The van der Waals surface area contributed by atoms with E-state index in [0.29, 0.717) is 18.5 Å². The van der Waals surface area contributed by atoms with Crippen LogP contribution in [-0.4, -0.2) is 48.6 Å². The van der Waals surface area contributed by atoms with Gasteiger partial charge in [-0.1, -0.05) is 0 Å². The summed E-state index contributed by atoms with van der Waals surface area (Å²) in [5.74, 6) is 2.34. The number of hydrogen-bond acceptors (Lipinski definition) is 4. The van der Waals surface area contributed by atoms with E-state index in [9.17, 15) is 0 Å². The molecule has 6 nitrogen and oxygen atoms in total. The van der Waals surface area contributed by atoms with Crippen molar-refractivity contribution < 1.29 is 4.42 Å². The molecule has 23 heavy (non-hydrogen) atoms. The number of hydrogen-bond donors (Lipinski definition) is 2. The summed E-state index contributed by atoms with van der Waals surface area (Å²) in [6.07, 6.45) is 2.30. The van der Waals surface area contributed by atoms with Gasteiger partial charge in [0, 0.05) is 19.1 Å². The lowest BCUT2D eigenvalue weighted by Crippen LogP contribution is -2.38. The maximum atomic E-state index is 5.56. The van der Waals surface area contributed by atoms with Gasteiger partial charge in [-0.25, -0.2) is 9.98 Å². The number of aliphatic imine (C=N–C) groups is 1. The summed E-state index contributed by atoms with van der Waals surface area (Å²) in [6, 6.07) is 0.606. The molecule has 1 aromatic rings. The molecule has 1 aromatic heterocycles. The minimum atomic E-state index is 0.458. The molecule has 0 aliphatic heterocycles. The van der Waals surface area contributed by atoms with Gasteiger partial charge in [0.05, 0.1) is 5.69 Å². The van der Waals surface area contributed by atoms with Crippen LogP contribution in [0.2, 0.25) is 0 Å². The third-order valence-electron chi connectivity index (χ3n) is 3.90. The topological polar surface area (TPSA) is 65.7 Å². The number of nitrogens with zero attached hydrogens (tertiary/aromatic N) is 3. The molecule has 6 heteroatoms.